The van der Waals surface area contributed by atoms with Gasteiger partial charge in [0.15, 0.2) is 0 Å². The minimum absolute atomic E-state index is 0. The maximum absolute atomic E-state index is 2.28. The number of fused-ring (bicyclic) bond motifs is 1. The molecule has 2 heteroatoms. The first-order chi connectivity index (χ1) is 5.36. The van der Waals surface area contributed by atoms with E-state index >= 15 is 0 Å². The van der Waals surface area contributed by atoms with Gasteiger partial charge in [-0.05, 0) is 24.6 Å². The van der Waals surface area contributed by atoms with E-state index < -0.39 is 0 Å². The van der Waals surface area contributed by atoms with E-state index in [-0.39, 0.29) is 7.43 Å². The van der Waals surface area contributed by atoms with Crippen LogP contribution in [0.2, 0.25) is 0 Å². The Balaban J connectivity index is 0.000000720. The highest BCUT2D eigenvalue weighted by Gasteiger charge is 2.08. The van der Waals surface area contributed by atoms with E-state index in [4.69, 9.17) is 0 Å². The number of hydrogen-bond acceptors (Lipinski definition) is 2. The third-order valence-corrected chi connectivity index (χ3v) is 4.22. The summed E-state index contributed by atoms with van der Waals surface area (Å²) in [5.74, 6) is 2.53. The van der Waals surface area contributed by atoms with Gasteiger partial charge < -0.3 is 0 Å². The number of rotatable bonds is 0. The maximum Gasteiger partial charge on any atom is 0.0211 e. The van der Waals surface area contributed by atoms with Crippen molar-refractivity contribution in [3.63, 3.8) is 0 Å². The molecule has 0 bridgehead atoms. The molecule has 0 saturated carbocycles. The molecule has 0 amide bonds. The number of thioether (sulfide) groups is 2. The van der Waals surface area contributed by atoms with Crippen LogP contribution in [0.15, 0.2) is 28.0 Å². The molecule has 0 aliphatic carbocycles. The van der Waals surface area contributed by atoms with Gasteiger partial charge in [-0.1, -0.05) is 13.5 Å². The molecule has 0 N–H and O–H groups in total. The third kappa shape index (κ3) is 1.99. The van der Waals surface area contributed by atoms with Crippen LogP contribution in [0.25, 0.3) is 0 Å². The number of benzene rings is 1. The molecule has 0 unspecified atom stereocenters. The smallest absolute Gasteiger partial charge is 0.0211 e. The van der Waals surface area contributed by atoms with Crippen molar-refractivity contribution in [2.45, 2.75) is 24.1 Å². The van der Waals surface area contributed by atoms with Gasteiger partial charge in [-0.15, -0.1) is 23.5 Å². The lowest BCUT2D eigenvalue weighted by Gasteiger charge is -2.14. The van der Waals surface area contributed by atoms with Gasteiger partial charge in [0.05, 0.1) is 0 Å². The van der Waals surface area contributed by atoms with Gasteiger partial charge >= 0.3 is 0 Å². The van der Waals surface area contributed by atoms with Gasteiger partial charge in [0.25, 0.3) is 0 Å². The fraction of sp³-hybridized carbons (Fsp3) is 0.400. The Morgan fingerprint density at radius 1 is 1.08 bits per heavy atom. The van der Waals surface area contributed by atoms with Gasteiger partial charge in [-0.25, -0.2) is 0 Å². The zero-order valence-electron chi connectivity index (χ0n) is 6.46. The molecule has 0 radical (unpaired) electrons. The van der Waals surface area contributed by atoms with Crippen LogP contribution in [0.4, 0.5) is 0 Å². The minimum Gasteiger partial charge on any atom is -0.124 e. The fourth-order valence-corrected chi connectivity index (χ4v) is 3.46. The van der Waals surface area contributed by atoms with E-state index in [1.165, 1.54) is 26.9 Å². The molecule has 1 aromatic carbocycles. The van der Waals surface area contributed by atoms with Crippen molar-refractivity contribution in [3.8, 4) is 0 Å². The van der Waals surface area contributed by atoms with Crippen LogP contribution in [0.5, 0.6) is 0 Å². The zero-order chi connectivity index (χ0) is 7.68. The fourth-order valence-electron chi connectivity index (χ4n) is 1.15. The summed E-state index contributed by atoms with van der Waals surface area (Å²) in [5.41, 5.74) is 1.37. The Labute approximate surface area is 83.1 Å². The molecule has 66 valence electrons. The molecule has 2 rings (SSSR count). The lowest BCUT2D eigenvalue weighted by atomic mass is 10.2. The summed E-state index contributed by atoms with van der Waals surface area (Å²) in [6.07, 6.45) is 0. The van der Waals surface area contributed by atoms with Crippen molar-refractivity contribution in [1.29, 1.82) is 0 Å². The van der Waals surface area contributed by atoms with Crippen molar-refractivity contribution in [3.05, 3.63) is 23.8 Å². The third-order valence-electron chi connectivity index (χ3n) is 1.70. The second-order valence-electron chi connectivity index (χ2n) is 2.65. The highest BCUT2D eigenvalue weighted by atomic mass is 32.2. The zero-order valence-corrected chi connectivity index (χ0v) is 8.10. The Kier molecular flexibility index (Phi) is 3.53. The molecule has 1 aromatic rings. The minimum atomic E-state index is 0. The quantitative estimate of drug-likeness (QED) is 0.621. The van der Waals surface area contributed by atoms with Crippen LogP contribution < -0.4 is 0 Å². The molecule has 1 aliphatic rings. The Morgan fingerprint density at radius 2 is 1.75 bits per heavy atom. The largest absolute Gasteiger partial charge is 0.124 e. The average molecular weight is 198 g/mol. The van der Waals surface area contributed by atoms with E-state index in [0.29, 0.717) is 0 Å². The van der Waals surface area contributed by atoms with Crippen LogP contribution >= 0.6 is 23.5 Å². The molecule has 0 fully saturated rings. The van der Waals surface area contributed by atoms with Gasteiger partial charge in [-0.2, -0.15) is 0 Å². The molecule has 0 atom stereocenters. The second-order valence-corrected chi connectivity index (χ2v) is 4.92. The summed E-state index contributed by atoms with van der Waals surface area (Å²) < 4.78 is 0. The predicted octanol–water partition coefficient (Wildman–Crippen LogP) is 3.83. The van der Waals surface area contributed by atoms with Crippen LogP contribution in [0, 0.1) is 6.92 Å². The van der Waals surface area contributed by atoms with Crippen molar-refractivity contribution < 1.29 is 0 Å². The number of aryl methyl sites for hydroxylation is 1. The molecule has 0 nitrogen and oxygen atoms in total. The molecular formula is C10H14S2. The van der Waals surface area contributed by atoms with E-state index in [1.807, 2.05) is 23.5 Å². The highest BCUT2D eigenvalue weighted by Crippen LogP contribution is 2.36. The molecule has 0 aromatic heterocycles. The first-order valence-electron chi connectivity index (χ1n) is 3.72. The summed E-state index contributed by atoms with van der Waals surface area (Å²) in [4.78, 5) is 2.94. The summed E-state index contributed by atoms with van der Waals surface area (Å²) in [7, 11) is 0. The van der Waals surface area contributed by atoms with Crippen LogP contribution in [-0.2, 0) is 0 Å². The van der Waals surface area contributed by atoms with Crippen molar-refractivity contribution >= 4 is 23.5 Å². The van der Waals surface area contributed by atoms with Crippen LogP contribution in [-0.4, -0.2) is 11.5 Å². The van der Waals surface area contributed by atoms with Crippen molar-refractivity contribution in [1.82, 2.24) is 0 Å². The molecular weight excluding hydrogens is 184 g/mol. The van der Waals surface area contributed by atoms with Crippen molar-refractivity contribution in [2.24, 2.45) is 0 Å². The summed E-state index contributed by atoms with van der Waals surface area (Å²) >= 11 is 3.96. The van der Waals surface area contributed by atoms with Gasteiger partial charge in [0, 0.05) is 21.3 Å². The van der Waals surface area contributed by atoms with Crippen LogP contribution in [0.1, 0.15) is 13.0 Å². The number of hydrogen-bond donors (Lipinski definition) is 0. The van der Waals surface area contributed by atoms with E-state index in [2.05, 4.69) is 25.1 Å². The summed E-state index contributed by atoms with van der Waals surface area (Å²) in [6, 6.07) is 6.71. The molecule has 12 heavy (non-hydrogen) atoms. The van der Waals surface area contributed by atoms with Gasteiger partial charge in [0.1, 0.15) is 0 Å². The first kappa shape index (κ1) is 10.0. The Hall–Kier alpha value is -0.0800. The molecule has 1 aliphatic heterocycles. The first-order valence-corrected chi connectivity index (χ1v) is 5.69. The second kappa shape index (κ2) is 4.24. The van der Waals surface area contributed by atoms with Crippen molar-refractivity contribution in [2.75, 3.05) is 11.5 Å². The molecule has 0 saturated heterocycles. The highest BCUT2D eigenvalue weighted by molar-refractivity contribution is 8.05. The lowest BCUT2D eigenvalue weighted by molar-refractivity contribution is 1.19. The summed E-state index contributed by atoms with van der Waals surface area (Å²) in [6.45, 7) is 2.15. The normalized spacial score (nSPS) is 14.8. The SMILES string of the molecule is C.Cc1ccc2c(c1)SCCS2. The van der Waals surface area contributed by atoms with Crippen LogP contribution in [0.3, 0.4) is 0 Å². The lowest BCUT2D eigenvalue weighted by Crippen LogP contribution is -1.93. The molecule has 1 heterocycles. The maximum atomic E-state index is 2.28. The Bertz CT molecular complexity index is 269. The van der Waals surface area contributed by atoms with E-state index in [0.717, 1.165) is 0 Å². The molecule has 0 spiro atoms. The van der Waals surface area contributed by atoms with Gasteiger partial charge in [-0.3, -0.25) is 0 Å². The summed E-state index contributed by atoms with van der Waals surface area (Å²) in [5, 5.41) is 0. The standard InChI is InChI=1S/C9H10S2.CH4/c1-7-2-3-8-9(6-7)11-5-4-10-8;/h2-3,6H,4-5H2,1H3;1H4. The van der Waals surface area contributed by atoms with E-state index in [9.17, 15) is 0 Å². The monoisotopic (exact) mass is 198 g/mol. The van der Waals surface area contributed by atoms with Gasteiger partial charge in [0.2, 0.25) is 0 Å². The predicted molar refractivity (Wildman–Crippen MR) is 59.4 cm³/mol. The average Bonchev–Trinajstić information content (AvgIpc) is 2.04. The van der Waals surface area contributed by atoms with E-state index in [1.54, 1.807) is 0 Å². The Morgan fingerprint density at radius 3 is 2.50 bits per heavy atom. The topological polar surface area (TPSA) is 0 Å².